The van der Waals surface area contributed by atoms with E-state index in [2.05, 4.69) is 27.0 Å². The van der Waals surface area contributed by atoms with Gasteiger partial charge in [0.1, 0.15) is 5.52 Å². The SMILES string of the molecule is CCOC(=O)c1c(C)[nH]c2c(=O)n(C)cc(C#C[C@@](C)(O)c3nnc(C)o3)c12. The number of H-pyrrole nitrogens is 1. The Hall–Kier alpha value is -3.38. The normalized spacial score (nSPS) is 13.1. The lowest BCUT2D eigenvalue weighted by Gasteiger charge is -2.10. The minimum atomic E-state index is -1.71. The molecule has 0 amide bonds. The van der Waals surface area contributed by atoms with Crippen molar-refractivity contribution in [3.63, 3.8) is 0 Å². The number of aliphatic hydroxyl groups is 1. The number of hydrogen-bond donors (Lipinski definition) is 2. The van der Waals surface area contributed by atoms with Crippen molar-refractivity contribution < 1.29 is 19.1 Å². The van der Waals surface area contributed by atoms with E-state index in [0.717, 1.165) is 0 Å². The summed E-state index contributed by atoms with van der Waals surface area (Å²) in [5, 5.41) is 18.4. The molecule has 0 unspecified atom stereocenters. The van der Waals surface area contributed by atoms with E-state index in [9.17, 15) is 14.7 Å². The van der Waals surface area contributed by atoms with Gasteiger partial charge in [-0.15, -0.1) is 10.2 Å². The van der Waals surface area contributed by atoms with Crippen LogP contribution >= 0.6 is 0 Å². The number of nitrogens with one attached hydrogen (secondary N) is 1. The second-order valence-electron chi connectivity index (χ2n) is 6.50. The molecule has 3 rings (SSSR count). The molecule has 28 heavy (non-hydrogen) atoms. The van der Waals surface area contributed by atoms with Crippen LogP contribution in [0.4, 0.5) is 0 Å². The Labute approximate surface area is 160 Å². The Bertz CT molecular complexity index is 1190. The van der Waals surface area contributed by atoms with Gasteiger partial charge < -0.3 is 23.8 Å². The van der Waals surface area contributed by atoms with Gasteiger partial charge in [0, 0.05) is 31.2 Å². The van der Waals surface area contributed by atoms with Gasteiger partial charge in [-0.2, -0.15) is 0 Å². The molecule has 2 N–H and O–H groups in total. The zero-order valence-corrected chi connectivity index (χ0v) is 16.2. The van der Waals surface area contributed by atoms with Crippen LogP contribution in [0.15, 0.2) is 15.4 Å². The van der Waals surface area contributed by atoms with Crippen LogP contribution in [0, 0.1) is 25.7 Å². The summed E-state index contributed by atoms with van der Waals surface area (Å²) in [6.07, 6.45) is 1.50. The Balaban J connectivity index is 2.23. The van der Waals surface area contributed by atoms with Crippen LogP contribution in [0.25, 0.3) is 10.9 Å². The number of pyridine rings is 1. The third kappa shape index (κ3) is 3.30. The summed E-state index contributed by atoms with van der Waals surface area (Å²) < 4.78 is 11.7. The molecule has 146 valence electrons. The molecule has 3 heterocycles. The molecule has 0 aliphatic heterocycles. The van der Waals surface area contributed by atoms with Gasteiger partial charge in [-0.05, 0) is 20.8 Å². The van der Waals surface area contributed by atoms with E-state index in [1.54, 1.807) is 27.8 Å². The Morgan fingerprint density at radius 2 is 2.14 bits per heavy atom. The molecule has 0 bridgehead atoms. The highest BCUT2D eigenvalue weighted by Gasteiger charge is 2.28. The maximum absolute atomic E-state index is 12.5. The predicted molar refractivity (Wildman–Crippen MR) is 99.7 cm³/mol. The average molecular weight is 384 g/mol. The fourth-order valence-electron chi connectivity index (χ4n) is 2.84. The molecule has 9 heteroatoms. The summed E-state index contributed by atoms with van der Waals surface area (Å²) in [6.45, 7) is 6.60. The van der Waals surface area contributed by atoms with Gasteiger partial charge in [-0.25, -0.2) is 4.79 Å². The molecule has 0 aliphatic carbocycles. The molecular formula is C19H20N4O5. The van der Waals surface area contributed by atoms with E-state index in [1.807, 2.05) is 0 Å². The van der Waals surface area contributed by atoms with Crippen molar-refractivity contribution in [3.8, 4) is 11.8 Å². The number of nitrogens with zero attached hydrogens (tertiary/aromatic N) is 3. The first-order chi connectivity index (χ1) is 13.2. The summed E-state index contributed by atoms with van der Waals surface area (Å²) >= 11 is 0. The number of rotatable bonds is 3. The molecule has 3 aromatic heterocycles. The molecule has 3 aromatic rings. The minimum absolute atomic E-state index is 0.0468. The average Bonchev–Trinajstić information content (AvgIpc) is 3.21. The van der Waals surface area contributed by atoms with Crippen LogP contribution in [0.5, 0.6) is 0 Å². The van der Waals surface area contributed by atoms with E-state index in [0.29, 0.717) is 22.5 Å². The highest BCUT2D eigenvalue weighted by molar-refractivity contribution is 6.07. The van der Waals surface area contributed by atoms with Gasteiger partial charge >= 0.3 is 5.97 Å². The number of aromatic amines is 1. The largest absolute Gasteiger partial charge is 0.462 e. The van der Waals surface area contributed by atoms with Crippen molar-refractivity contribution in [2.24, 2.45) is 7.05 Å². The molecule has 9 nitrogen and oxygen atoms in total. The second kappa shape index (κ2) is 6.98. The Morgan fingerprint density at radius 1 is 1.43 bits per heavy atom. The van der Waals surface area contributed by atoms with E-state index >= 15 is 0 Å². The third-order valence-corrected chi connectivity index (χ3v) is 4.18. The molecule has 0 aliphatic rings. The first-order valence-electron chi connectivity index (χ1n) is 8.60. The van der Waals surface area contributed by atoms with Crippen LogP contribution < -0.4 is 5.56 Å². The van der Waals surface area contributed by atoms with Gasteiger partial charge in [-0.3, -0.25) is 4.79 Å². The van der Waals surface area contributed by atoms with Crippen molar-refractivity contribution >= 4 is 16.9 Å². The number of aryl methyl sites for hydroxylation is 3. The van der Waals surface area contributed by atoms with Crippen molar-refractivity contribution in [3.05, 3.63) is 45.2 Å². The standard InChI is InChI=1S/C19H20N4O5/c1-6-27-17(25)13-10(2)20-15-14(13)12(9-23(5)16(15)24)7-8-19(4,26)18-22-21-11(3)28-18/h9,20,26H,6H2,1-5H3/t19-/m1/s1. The van der Waals surface area contributed by atoms with Crippen molar-refractivity contribution in [2.75, 3.05) is 6.61 Å². The monoisotopic (exact) mass is 384 g/mol. The van der Waals surface area contributed by atoms with E-state index in [1.165, 1.54) is 17.7 Å². The van der Waals surface area contributed by atoms with Crippen LogP contribution in [0.3, 0.4) is 0 Å². The lowest BCUT2D eigenvalue weighted by Crippen LogP contribution is -2.20. The zero-order chi connectivity index (χ0) is 20.6. The number of carbonyl (C=O) groups excluding carboxylic acids is 1. The predicted octanol–water partition coefficient (Wildman–Crippen LogP) is 1.30. The zero-order valence-electron chi connectivity index (χ0n) is 16.2. The lowest BCUT2D eigenvalue weighted by atomic mass is 10.0. The molecule has 1 atom stereocenters. The van der Waals surface area contributed by atoms with E-state index in [-0.39, 0.29) is 29.1 Å². The summed E-state index contributed by atoms with van der Waals surface area (Å²) in [5.41, 5.74) is -0.661. The number of esters is 1. The first kappa shape index (κ1) is 19.4. The molecular weight excluding hydrogens is 364 g/mol. The maximum Gasteiger partial charge on any atom is 0.340 e. The third-order valence-electron chi connectivity index (χ3n) is 4.18. The van der Waals surface area contributed by atoms with E-state index < -0.39 is 11.6 Å². The minimum Gasteiger partial charge on any atom is -0.462 e. The summed E-state index contributed by atoms with van der Waals surface area (Å²) in [6, 6.07) is 0. The summed E-state index contributed by atoms with van der Waals surface area (Å²) in [5.74, 6) is 5.22. The quantitative estimate of drug-likeness (QED) is 0.515. The van der Waals surface area contributed by atoms with Gasteiger partial charge in [0.15, 0.2) is 0 Å². The Kier molecular flexibility index (Phi) is 4.83. The fourth-order valence-corrected chi connectivity index (χ4v) is 2.84. The second-order valence-corrected chi connectivity index (χ2v) is 6.50. The highest BCUT2D eigenvalue weighted by atomic mass is 16.5. The van der Waals surface area contributed by atoms with Gasteiger partial charge in [-0.1, -0.05) is 11.8 Å². The lowest BCUT2D eigenvalue weighted by molar-refractivity contribution is 0.0528. The van der Waals surface area contributed by atoms with Crippen molar-refractivity contribution in [1.29, 1.82) is 0 Å². The Morgan fingerprint density at radius 3 is 2.75 bits per heavy atom. The number of ether oxygens (including phenoxy) is 1. The fraction of sp³-hybridized carbons (Fsp3) is 0.368. The van der Waals surface area contributed by atoms with Crippen LogP contribution in [0.1, 0.15) is 47.2 Å². The van der Waals surface area contributed by atoms with E-state index in [4.69, 9.17) is 9.15 Å². The number of carbonyl (C=O) groups is 1. The molecule has 0 fully saturated rings. The maximum atomic E-state index is 12.5. The number of aromatic nitrogens is 4. The number of hydrogen-bond acceptors (Lipinski definition) is 7. The van der Waals surface area contributed by atoms with Gasteiger partial charge in [0.05, 0.1) is 17.7 Å². The van der Waals surface area contributed by atoms with Gasteiger partial charge in [0.2, 0.25) is 11.5 Å². The van der Waals surface area contributed by atoms with Crippen molar-refractivity contribution in [2.45, 2.75) is 33.3 Å². The summed E-state index contributed by atoms with van der Waals surface area (Å²) in [7, 11) is 1.58. The smallest absolute Gasteiger partial charge is 0.340 e. The highest BCUT2D eigenvalue weighted by Crippen LogP contribution is 2.25. The topological polar surface area (TPSA) is 123 Å². The number of fused-ring (bicyclic) bond motifs is 1. The van der Waals surface area contributed by atoms with Gasteiger partial charge in [0.25, 0.3) is 11.4 Å². The molecule has 0 saturated heterocycles. The molecule has 0 aromatic carbocycles. The van der Waals surface area contributed by atoms with Crippen LogP contribution in [0.2, 0.25) is 0 Å². The van der Waals surface area contributed by atoms with Crippen molar-refractivity contribution in [1.82, 2.24) is 19.7 Å². The molecule has 0 saturated carbocycles. The molecule has 0 radical (unpaired) electrons. The van der Waals surface area contributed by atoms with Crippen LogP contribution in [-0.2, 0) is 17.4 Å². The summed E-state index contributed by atoms with van der Waals surface area (Å²) in [4.78, 5) is 27.9. The van der Waals surface area contributed by atoms with Crippen LogP contribution in [-0.4, -0.2) is 37.4 Å². The first-order valence-corrected chi connectivity index (χ1v) is 8.60. The molecule has 0 spiro atoms.